The van der Waals surface area contributed by atoms with Gasteiger partial charge < -0.3 is 4.90 Å². The Kier molecular flexibility index (Phi) is 4.97. The summed E-state index contributed by atoms with van der Waals surface area (Å²) < 4.78 is 39.5. The van der Waals surface area contributed by atoms with Crippen molar-refractivity contribution in [2.75, 3.05) is 29.5 Å². The maximum absolute atomic E-state index is 13.7. The van der Waals surface area contributed by atoms with Crippen molar-refractivity contribution in [3.05, 3.63) is 64.1 Å². The second-order valence-corrected chi connectivity index (χ2v) is 13.4. The predicted molar refractivity (Wildman–Crippen MR) is 134 cm³/mol. The molecule has 5 heterocycles. The summed E-state index contributed by atoms with van der Waals surface area (Å²) in [4.78, 5) is 8.42. The number of nitrogens with zero attached hydrogens (tertiary/aromatic N) is 7. The maximum Gasteiger partial charge on any atom is 0.178 e. The summed E-state index contributed by atoms with van der Waals surface area (Å²) in [5.41, 5.74) is 2.01. The van der Waals surface area contributed by atoms with Gasteiger partial charge in [0, 0.05) is 42.0 Å². The van der Waals surface area contributed by atoms with E-state index in [-0.39, 0.29) is 34.6 Å². The highest BCUT2D eigenvalue weighted by Gasteiger charge is 2.54. The minimum absolute atomic E-state index is 0.0296. The van der Waals surface area contributed by atoms with Crippen LogP contribution in [-0.4, -0.2) is 63.7 Å². The van der Waals surface area contributed by atoms with Crippen molar-refractivity contribution in [1.82, 2.24) is 24.6 Å². The lowest BCUT2D eigenvalue weighted by molar-refractivity contribution is 0.0581. The van der Waals surface area contributed by atoms with Crippen LogP contribution < -0.4 is 4.90 Å². The zero-order valence-corrected chi connectivity index (χ0v) is 21.4. The van der Waals surface area contributed by atoms with Crippen molar-refractivity contribution in [2.24, 2.45) is 5.41 Å². The number of anilines is 1. The Bertz CT molecular complexity index is 1570. The first-order valence-electron chi connectivity index (χ1n) is 12.2. The van der Waals surface area contributed by atoms with E-state index in [2.05, 4.69) is 29.5 Å². The Morgan fingerprint density at radius 3 is 2.62 bits per heavy atom. The normalized spacial score (nSPS) is 22.2. The van der Waals surface area contributed by atoms with Crippen LogP contribution in [0.2, 0.25) is 5.02 Å². The van der Waals surface area contributed by atoms with Gasteiger partial charge in [0.2, 0.25) is 0 Å². The van der Waals surface area contributed by atoms with Gasteiger partial charge in [-0.1, -0.05) is 11.6 Å². The molecule has 0 bridgehead atoms. The highest BCUT2D eigenvalue weighted by atomic mass is 35.5. The molecule has 1 aliphatic carbocycles. The van der Waals surface area contributed by atoms with E-state index in [1.54, 1.807) is 6.07 Å². The number of pyridine rings is 1. The lowest BCUT2D eigenvalue weighted by Gasteiger charge is -2.59. The molecule has 1 saturated carbocycles. The zero-order valence-electron chi connectivity index (χ0n) is 19.8. The summed E-state index contributed by atoms with van der Waals surface area (Å²) in [6.07, 6.45) is 1.92. The van der Waals surface area contributed by atoms with Gasteiger partial charge in [0.1, 0.15) is 17.7 Å². The molecule has 1 aromatic carbocycles. The van der Waals surface area contributed by atoms with Gasteiger partial charge in [-0.2, -0.15) is 5.26 Å². The van der Waals surface area contributed by atoms with Gasteiger partial charge in [-0.3, -0.25) is 9.47 Å². The molecular formula is C25H23ClFN7O2S. The van der Waals surface area contributed by atoms with E-state index in [4.69, 9.17) is 16.9 Å². The number of hydrogen-bond acceptors (Lipinski definition) is 8. The highest BCUT2D eigenvalue weighted by Crippen LogP contribution is 2.56. The molecule has 3 fully saturated rings. The molecule has 2 aromatic heterocycles. The summed E-state index contributed by atoms with van der Waals surface area (Å²) >= 11 is 6.34. The van der Waals surface area contributed by atoms with Crippen LogP contribution in [0.15, 0.2) is 30.3 Å². The summed E-state index contributed by atoms with van der Waals surface area (Å²) in [6.45, 7) is 2.76. The molecule has 0 atom stereocenters. The quantitative estimate of drug-likeness (QED) is 0.500. The van der Waals surface area contributed by atoms with Crippen molar-refractivity contribution in [3.63, 3.8) is 0 Å². The van der Waals surface area contributed by atoms with Crippen LogP contribution >= 0.6 is 11.6 Å². The first-order valence-corrected chi connectivity index (χ1v) is 14.4. The van der Waals surface area contributed by atoms with Crippen molar-refractivity contribution in [2.45, 2.75) is 37.9 Å². The molecule has 3 aliphatic heterocycles. The fourth-order valence-corrected chi connectivity index (χ4v) is 8.05. The van der Waals surface area contributed by atoms with Crippen molar-refractivity contribution >= 4 is 27.3 Å². The molecule has 190 valence electrons. The minimum atomic E-state index is -2.95. The highest BCUT2D eigenvalue weighted by molar-refractivity contribution is 7.92. The summed E-state index contributed by atoms with van der Waals surface area (Å²) in [6, 6.07) is 10.5. The van der Waals surface area contributed by atoms with Gasteiger partial charge in [-0.25, -0.2) is 17.8 Å². The number of sulfone groups is 1. The smallest absolute Gasteiger partial charge is 0.178 e. The molecule has 2 saturated heterocycles. The van der Waals surface area contributed by atoms with E-state index in [9.17, 15) is 12.8 Å². The molecule has 37 heavy (non-hydrogen) atoms. The number of hydrogen-bond donors (Lipinski definition) is 0. The monoisotopic (exact) mass is 539 g/mol. The Morgan fingerprint density at radius 1 is 1.11 bits per heavy atom. The van der Waals surface area contributed by atoms with Crippen molar-refractivity contribution < 1.29 is 12.8 Å². The number of fused-ring (bicyclic) bond motifs is 3. The van der Waals surface area contributed by atoms with Gasteiger partial charge in [0.05, 0.1) is 23.7 Å². The predicted octanol–water partition coefficient (Wildman–Crippen LogP) is 2.82. The fraction of sp³-hybridized carbons (Fsp3) is 0.440. The molecule has 0 N–H and O–H groups in total. The average Bonchev–Trinajstić information content (AvgIpc) is 3.11. The largest absolute Gasteiger partial charge is 0.355 e. The van der Waals surface area contributed by atoms with Crippen LogP contribution in [0.5, 0.6) is 0 Å². The van der Waals surface area contributed by atoms with Gasteiger partial charge >= 0.3 is 0 Å². The molecular weight excluding hydrogens is 517 g/mol. The van der Waals surface area contributed by atoms with Crippen LogP contribution in [-0.2, 0) is 22.9 Å². The number of nitriles is 1. The second kappa shape index (κ2) is 7.96. The fourth-order valence-electron chi connectivity index (χ4n) is 6.36. The third-order valence-corrected chi connectivity index (χ3v) is 10.2. The molecule has 0 radical (unpaired) electrons. The third kappa shape index (κ3) is 3.73. The number of halogens is 2. The SMILES string of the molecule is N#Cc1nc(N2CC3(CC(c4nnc5n4-c4ccc(Cl)cc4CN(C4CS(=O)(=O)C4)C5)C3)C2)ccc1F. The Labute approximate surface area is 218 Å². The molecule has 3 aromatic rings. The lowest BCUT2D eigenvalue weighted by Crippen LogP contribution is -2.62. The first kappa shape index (κ1) is 23.1. The maximum atomic E-state index is 13.7. The summed E-state index contributed by atoms with van der Waals surface area (Å²) in [5, 5.41) is 18.9. The van der Waals surface area contributed by atoms with Crippen LogP contribution in [0.3, 0.4) is 0 Å². The van der Waals surface area contributed by atoms with Crippen LogP contribution in [0.1, 0.15) is 41.7 Å². The van der Waals surface area contributed by atoms with E-state index in [1.165, 1.54) is 6.07 Å². The molecule has 0 amide bonds. The van der Waals surface area contributed by atoms with Gasteiger partial charge in [0.25, 0.3) is 0 Å². The summed E-state index contributed by atoms with van der Waals surface area (Å²) in [5.74, 6) is 2.37. The van der Waals surface area contributed by atoms with Gasteiger partial charge in [0.15, 0.2) is 27.2 Å². The van der Waals surface area contributed by atoms with E-state index < -0.39 is 15.7 Å². The lowest BCUT2D eigenvalue weighted by atomic mass is 9.57. The second-order valence-electron chi connectivity index (χ2n) is 10.8. The van der Waals surface area contributed by atoms with Crippen LogP contribution in [0.25, 0.3) is 5.69 Å². The average molecular weight is 540 g/mol. The Morgan fingerprint density at radius 2 is 1.89 bits per heavy atom. The van der Waals surface area contributed by atoms with Gasteiger partial charge in [-0.15, -0.1) is 10.2 Å². The van der Waals surface area contributed by atoms with Crippen LogP contribution in [0, 0.1) is 22.6 Å². The van der Waals surface area contributed by atoms with Gasteiger partial charge in [-0.05, 0) is 48.7 Å². The zero-order chi connectivity index (χ0) is 25.5. The minimum Gasteiger partial charge on any atom is -0.355 e. The van der Waals surface area contributed by atoms with E-state index >= 15 is 0 Å². The van der Waals surface area contributed by atoms with E-state index in [0.29, 0.717) is 23.9 Å². The Hall–Kier alpha value is -3.07. The molecule has 9 nitrogen and oxygen atoms in total. The molecule has 4 aliphatic rings. The molecule has 0 unspecified atom stereocenters. The molecule has 1 spiro atoms. The first-order chi connectivity index (χ1) is 17.7. The number of aromatic nitrogens is 4. The number of rotatable bonds is 3. The van der Waals surface area contributed by atoms with E-state index in [0.717, 1.165) is 48.8 Å². The Balaban J connectivity index is 1.12. The topological polar surface area (TPSA) is 108 Å². The summed E-state index contributed by atoms with van der Waals surface area (Å²) in [7, 11) is -2.95. The standard InChI is InChI=1S/C25H23ClFN7O2S/c26-17-1-3-21-15(5-17)9-32(18-11-37(35,36)12-18)10-23-30-31-24(34(21)23)16-6-25(7-16)13-33(14-25)22-4-2-19(27)20(8-28)29-22/h1-5,16,18H,6-7,9-14H2. The van der Waals surface area contributed by atoms with Crippen LogP contribution in [0.4, 0.5) is 10.2 Å². The number of benzene rings is 1. The third-order valence-electron chi connectivity index (χ3n) is 8.20. The van der Waals surface area contributed by atoms with E-state index in [1.807, 2.05) is 24.3 Å². The van der Waals surface area contributed by atoms with Crippen molar-refractivity contribution in [3.8, 4) is 11.8 Å². The molecule has 7 rings (SSSR count). The molecule has 12 heteroatoms. The van der Waals surface area contributed by atoms with Crippen molar-refractivity contribution in [1.29, 1.82) is 5.26 Å².